The minimum Gasteiger partial charge on any atom is -0.391 e. The van der Waals surface area contributed by atoms with Gasteiger partial charge in [-0.1, -0.05) is 0 Å². The van der Waals surface area contributed by atoms with Crippen LogP contribution in [0.4, 0.5) is 5.82 Å². The van der Waals surface area contributed by atoms with Crippen molar-refractivity contribution >= 4 is 11.5 Å². The van der Waals surface area contributed by atoms with E-state index in [4.69, 9.17) is 4.74 Å². The first kappa shape index (κ1) is 13.3. The second-order valence-electron chi connectivity index (χ2n) is 5.15. The zero-order valence-corrected chi connectivity index (χ0v) is 11.5. The molecule has 0 aromatic carbocycles. The van der Waals surface area contributed by atoms with E-state index in [1.807, 2.05) is 16.6 Å². The quantitative estimate of drug-likeness (QED) is 0.779. The summed E-state index contributed by atoms with van der Waals surface area (Å²) in [4.78, 5) is 0. The van der Waals surface area contributed by atoms with Crippen LogP contribution < -0.4 is 5.32 Å². The third kappa shape index (κ3) is 2.88. The molecular formula is C13H19N5O2. The molecule has 0 radical (unpaired) electrons. The van der Waals surface area contributed by atoms with Crippen LogP contribution in [0.25, 0.3) is 5.65 Å². The standard InChI is InChI=1S/C13H19N5O2/c1-20-8-10(19)6-7-14-11-4-5-12-15-16-13(9-2-3-9)18(12)17-11/h4-5,9-10,19H,2-3,6-8H2,1H3,(H,14,17). The Balaban J connectivity index is 1.64. The predicted octanol–water partition coefficient (Wildman–Crippen LogP) is 0.811. The molecule has 108 valence electrons. The number of aliphatic hydroxyl groups excluding tert-OH is 1. The maximum absolute atomic E-state index is 9.58. The van der Waals surface area contributed by atoms with Gasteiger partial charge in [-0.2, -0.15) is 4.52 Å². The van der Waals surface area contributed by atoms with Gasteiger partial charge < -0.3 is 15.2 Å². The summed E-state index contributed by atoms with van der Waals surface area (Å²) in [7, 11) is 1.58. The lowest BCUT2D eigenvalue weighted by molar-refractivity contribution is 0.0615. The second kappa shape index (κ2) is 5.72. The van der Waals surface area contributed by atoms with Crippen LogP contribution in [0.15, 0.2) is 12.1 Å². The summed E-state index contributed by atoms with van der Waals surface area (Å²) in [5, 5.41) is 25.6. The number of rotatable bonds is 7. The van der Waals surface area contributed by atoms with E-state index in [-0.39, 0.29) is 0 Å². The van der Waals surface area contributed by atoms with Crippen LogP contribution in [-0.4, -0.2) is 51.3 Å². The van der Waals surface area contributed by atoms with Crippen molar-refractivity contribution in [3.8, 4) is 0 Å². The highest BCUT2D eigenvalue weighted by molar-refractivity contribution is 5.44. The van der Waals surface area contributed by atoms with Crippen LogP contribution >= 0.6 is 0 Å². The van der Waals surface area contributed by atoms with E-state index < -0.39 is 6.10 Å². The first-order valence-electron chi connectivity index (χ1n) is 6.91. The third-order valence-electron chi connectivity index (χ3n) is 3.37. The monoisotopic (exact) mass is 277 g/mol. The van der Waals surface area contributed by atoms with Crippen molar-refractivity contribution < 1.29 is 9.84 Å². The summed E-state index contributed by atoms with van der Waals surface area (Å²) in [6.45, 7) is 0.995. The molecule has 1 aliphatic carbocycles. The number of ether oxygens (including phenoxy) is 1. The van der Waals surface area contributed by atoms with Gasteiger partial charge in [-0.15, -0.1) is 15.3 Å². The van der Waals surface area contributed by atoms with E-state index in [2.05, 4.69) is 20.6 Å². The minimum atomic E-state index is -0.451. The molecule has 0 bridgehead atoms. The maximum Gasteiger partial charge on any atom is 0.178 e. The SMILES string of the molecule is COCC(O)CCNc1ccc2nnc(C3CC3)n2n1. The summed E-state index contributed by atoms with van der Waals surface area (Å²) < 4.78 is 6.70. The highest BCUT2D eigenvalue weighted by atomic mass is 16.5. The van der Waals surface area contributed by atoms with Gasteiger partial charge in [0.15, 0.2) is 11.5 Å². The molecule has 1 fully saturated rings. The molecule has 2 aromatic rings. The summed E-state index contributed by atoms with van der Waals surface area (Å²) >= 11 is 0. The lowest BCUT2D eigenvalue weighted by Crippen LogP contribution is -2.18. The van der Waals surface area contributed by atoms with E-state index in [1.54, 1.807) is 7.11 Å². The van der Waals surface area contributed by atoms with Crippen LogP contribution in [0, 0.1) is 0 Å². The first-order valence-corrected chi connectivity index (χ1v) is 6.91. The van der Waals surface area contributed by atoms with E-state index in [0.29, 0.717) is 25.5 Å². The van der Waals surface area contributed by atoms with Gasteiger partial charge in [-0.3, -0.25) is 0 Å². The molecule has 7 nitrogen and oxygen atoms in total. The number of nitrogens with zero attached hydrogens (tertiary/aromatic N) is 4. The first-order chi connectivity index (χ1) is 9.78. The fraction of sp³-hybridized carbons (Fsp3) is 0.615. The second-order valence-corrected chi connectivity index (χ2v) is 5.15. The van der Waals surface area contributed by atoms with Gasteiger partial charge in [0.05, 0.1) is 12.7 Å². The molecule has 2 N–H and O–H groups in total. The smallest absolute Gasteiger partial charge is 0.178 e. The molecule has 1 aliphatic rings. The third-order valence-corrected chi connectivity index (χ3v) is 3.37. The lowest BCUT2D eigenvalue weighted by Gasteiger charge is -2.10. The van der Waals surface area contributed by atoms with Gasteiger partial charge in [0.25, 0.3) is 0 Å². The summed E-state index contributed by atoms with van der Waals surface area (Å²) in [6, 6.07) is 3.78. The zero-order valence-electron chi connectivity index (χ0n) is 11.5. The Hall–Kier alpha value is -1.73. The van der Waals surface area contributed by atoms with Crippen molar-refractivity contribution in [3.63, 3.8) is 0 Å². The van der Waals surface area contributed by atoms with Crippen LogP contribution in [0.3, 0.4) is 0 Å². The van der Waals surface area contributed by atoms with Crippen LogP contribution in [0.2, 0.25) is 0 Å². The topological polar surface area (TPSA) is 84.6 Å². The van der Waals surface area contributed by atoms with Gasteiger partial charge in [-0.25, -0.2) is 0 Å². The van der Waals surface area contributed by atoms with Crippen molar-refractivity contribution in [1.29, 1.82) is 0 Å². The largest absolute Gasteiger partial charge is 0.391 e. The Kier molecular flexibility index (Phi) is 3.79. The Labute approximate surface area is 117 Å². The van der Waals surface area contributed by atoms with Crippen molar-refractivity contribution in [3.05, 3.63) is 18.0 Å². The van der Waals surface area contributed by atoms with Crippen molar-refractivity contribution in [1.82, 2.24) is 19.8 Å². The highest BCUT2D eigenvalue weighted by Crippen LogP contribution is 2.38. The molecule has 0 saturated heterocycles. The van der Waals surface area contributed by atoms with E-state index in [9.17, 15) is 5.11 Å². The number of methoxy groups -OCH3 is 1. The molecule has 2 aromatic heterocycles. The Morgan fingerprint density at radius 3 is 3.05 bits per heavy atom. The molecule has 2 heterocycles. The van der Waals surface area contributed by atoms with Crippen LogP contribution in [0.1, 0.15) is 31.0 Å². The van der Waals surface area contributed by atoms with Crippen molar-refractivity contribution in [2.45, 2.75) is 31.3 Å². The number of fused-ring (bicyclic) bond motifs is 1. The lowest BCUT2D eigenvalue weighted by atomic mass is 10.2. The van der Waals surface area contributed by atoms with Gasteiger partial charge in [0.2, 0.25) is 0 Å². The van der Waals surface area contributed by atoms with Gasteiger partial charge >= 0.3 is 0 Å². The Morgan fingerprint density at radius 2 is 2.30 bits per heavy atom. The Bertz CT molecular complexity index is 581. The molecule has 1 saturated carbocycles. The number of anilines is 1. The van der Waals surface area contributed by atoms with Gasteiger partial charge in [0, 0.05) is 19.6 Å². The van der Waals surface area contributed by atoms with E-state index in [1.165, 1.54) is 12.8 Å². The van der Waals surface area contributed by atoms with Crippen LogP contribution in [0.5, 0.6) is 0 Å². The number of nitrogens with one attached hydrogen (secondary N) is 1. The number of aliphatic hydroxyl groups is 1. The fourth-order valence-electron chi connectivity index (χ4n) is 2.14. The predicted molar refractivity (Wildman–Crippen MR) is 73.7 cm³/mol. The number of hydrogen-bond acceptors (Lipinski definition) is 6. The average Bonchev–Trinajstić information content (AvgIpc) is 3.19. The molecule has 1 unspecified atom stereocenters. The van der Waals surface area contributed by atoms with Gasteiger partial charge in [-0.05, 0) is 31.4 Å². The molecule has 20 heavy (non-hydrogen) atoms. The molecule has 0 amide bonds. The number of hydrogen-bond donors (Lipinski definition) is 2. The Morgan fingerprint density at radius 1 is 1.45 bits per heavy atom. The van der Waals surface area contributed by atoms with Crippen molar-refractivity contribution in [2.75, 3.05) is 25.6 Å². The molecule has 1 atom stereocenters. The molecule has 7 heteroatoms. The summed E-state index contributed by atoms with van der Waals surface area (Å²) in [5.74, 6) is 2.23. The molecule has 0 aliphatic heterocycles. The summed E-state index contributed by atoms with van der Waals surface area (Å²) in [6.07, 6.45) is 2.51. The number of aromatic nitrogens is 4. The van der Waals surface area contributed by atoms with Crippen molar-refractivity contribution in [2.24, 2.45) is 0 Å². The fourth-order valence-corrected chi connectivity index (χ4v) is 2.14. The molecular weight excluding hydrogens is 258 g/mol. The average molecular weight is 277 g/mol. The summed E-state index contributed by atoms with van der Waals surface area (Å²) in [5.41, 5.74) is 0.775. The normalized spacial score (nSPS) is 16.5. The molecule has 3 rings (SSSR count). The molecule has 0 spiro atoms. The van der Waals surface area contributed by atoms with Gasteiger partial charge in [0.1, 0.15) is 5.82 Å². The van der Waals surface area contributed by atoms with Crippen LogP contribution in [-0.2, 0) is 4.74 Å². The highest BCUT2D eigenvalue weighted by Gasteiger charge is 2.29. The van der Waals surface area contributed by atoms with E-state index in [0.717, 1.165) is 17.3 Å². The zero-order chi connectivity index (χ0) is 13.9. The van der Waals surface area contributed by atoms with E-state index >= 15 is 0 Å². The maximum atomic E-state index is 9.58. The minimum absolute atomic E-state index is 0.353.